The van der Waals surface area contributed by atoms with Crippen LogP contribution in [0.4, 0.5) is 7.00 Å². The number of rotatable bonds is 3. The van der Waals surface area contributed by atoms with Crippen LogP contribution in [0.15, 0.2) is 18.2 Å². The number of aliphatic hydroxyl groups is 3. The minimum Gasteiger partial charge on any atom is 0 e. The molecule has 1 radical (unpaired) electrons. The Kier molecular flexibility index (Phi) is 51.9. The van der Waals surface area contributed by atoms with E-state index in [0.29, 0.717) is 37.6 Å². The number of hydrogen-bond acceptors (Lipinski definition) is 3. The average Bonchev–Trinajstić information content (AvgIpc) is 3.08. The van der Waals surface area contributed by atoms with Gasteiger partial charge in [-0.15, -0.1) is 6.42 Å². The van der Waals surface area contributed by atoms with E-state index in [2.05, 4.69) is 12.2 Å². The van der Waals surface area contributed by atoms with Crippen LogP contribution in [0.2, 0.25) is 0 Å². The fraction of sp³-hybridized carbons (Fsp3) is 0.765. The van der Waals surface area contributed by atoms with Gasteiger partial charge in [-0.1, -0.05) is 41.5 Å². The largest absolute Gasteiger partial charge is 0 e. The van der Waals surface area contributed by atoms with Crippen molar-refractivity contribution in [3.8, 4) is 0 Å². The van der Waals surface area contributed by atoms with Gasteiger partial charge in [-0.3, -0.25) is 6.08 Å². The maximum absolute atomic E-state index is 9.78. The van der Waals surface area contributed by atoms with Crippen molar-refractivity contribution in [1.82, 2.24) is 0 Å². The van der Waals surface area contributed by atoms with Crippen molar-refractivity contribution in [1.29, 1.82) is 0 Å². The van der Waals surface area contributed by atoms with Gasteiger partial charge in [0.05, 0.1) is 0 Å². The summed E-state index contributed by atoms with van der Waals surface area (Å²) in [4.78, 5) is 0. The Morgan fingerprint density at radius 2 is 1.12 bits per heavy atom. The van der Waals surface area contributed by atoms with Gasteiger partial charge in [0, 0.05) is 46.0 Å². The van der Waals surface area contributed by atoms with Crippen molar-refractivity contribution in [2.24, 2.45) is 17.8 Å². The first-order valence-corrected chi connectivity index (χ1v) is 9.62. The van der Waals surface area contributed by atoms with Crippen molar-refractivity contribution in [3.63, 3.8) is 0 Å². The predicted octanol–water partition coefficient (Wildman–Crippen LogP) is 3.40. The number of halogens is 2. The zero-order valence-electron chi connectivity index (χ0n) is 16.0. The van der Waals surface area contributed by atoms with E-state index in [1.54, 1.807) is 0 Å². The first-order chi connectivity index (χ1) is 10.7. The summed E-state index contributed by atoms with van der Waals surface area (Å²) < 4.78 is 19.6. The summed E-state index contributed by atoms with van der Waals surface area (Å²) in [5.41, 5.74) is 0. The molecule has 0 amide bonds. The number of hydrogen-bond donors (Lipinski definition) is 3. The zero-order valence-corrected chi connectivity index (χ0v) is 20.8. The summed E-state index contributed by atoms with van der Waals surface area (Å²) >= 11 is -2.69. The first-order valence-electron chi connectivity index (χ1n) is 7.79. The van der Waals surface area contributed by atoms with Crippen LogP contribution in [0.1, 0.15) is 48.0 Å². The average molecular weight is 490 g/mol. The van der Waals surface area contributed by atoms with Gasteiger partial charge in [0.15, 0.2) is 0 Å². The van der Waals surface area contributed by atoms with Gasteiger partial charge in [0.1, 0.15) is 0 Å². The normalized spacial score (nSPS) is 10.4. The molecular weight excluding hydrogens is 454 g/mol. The zero-order chi connectivity index (χ0) is 19.1. The third kappa shape index (κ3) is 78.2. The molecule has 7 heteroatoms. The van der Waals surface area contributed by atoms with Crippen LogP contribution in [-0.2, 0) is 26.2 Å². The van der Waals surface area contributed by atoms with Crippen LogP contribution >= 0.6 is 0 Å². The van der Waals surface area contributed by atoms with Crippen LogP contribution in [0.5, 0.6) is 0 Å². The summed E-state index contributed by atoms with van der Waals surface area (Å²) in [7, 11) is 0. The molecule has 0 atom stereocenters. The van der Waals surface area contributed by atoms with Crippen LogP contribution in [0, 0.1) is 23.8 Å². The maximum atomic E-state index is 9.78. The minimum absolute atomic E-state index is 0. The van der Waals surface area contributed by atoms with E-state index < -0.39 is 16.4 Å². The molecule has 0 saturated heterocycles. The van der Waals surface area contributed by atoms with E-state index in [-0.39, 0.29) is 26.2 Å². The Bertz CT molecular complexity index is 211. The van der Waals surface area contributed by atoms with Crippen LogP contribution in [0.3, 0.4) is 0 Å². The van der Waals surface area contributed by atoms with E-state index in [1.165, 1.54) is 0 Å². The molecular formula is C17H36F2GeO3Zr-. The summed E-state index contributed by atoms with van der Waals surface area (Å²) in [6.45, 7) is 12.7. The molecule has 0 unspecified atom stereocenters. The minimum atomic E-state index is -2.69. The Morgan fingerprint density at radius 3 is 1.17 bits per heavy atom. The molecule has 1 aliphatic carbocycles. The van der Waals surface area contributed by atoms with E-state index in [9.17, 15) is 7.00 Å². The summed E-state index contributed by atoms with van der Waals surface area (Å²) in [6.07, 6.45) is 10.0. The third-order valence-corrected chi connectivity index (χ3v) is 1.68. The molecule has 3 N–H and O–H groups in total. The monoisotopic (exact) mass is 490 g/mol. The van der Waals surface area contributed by atoms with Gasteiger partial charge in [0.2, 0.25) is 0 Å². The number of aliphatic hydroxyl groups excluding tert-OH is 3. The van der Waals surface area contributed by atoms with Crippen molar-refractivity contribution >= 4 is 16.4 Å². The molecule has 0 aromatic rings. The molecule has 0 heterocycles. The van der Waals surface area contributed by atoms with Gasteiger partial charge >= 0.3 is 23.4 Å². The topological polar surface area (TPSA) is 60.7 Å². The van der Waals surface area contributed by atoms with Gasteiger partial charge in [-0.05, 0) is 17.8 Å². The van der Waals surface area contributed by atoms with E-state index in [1.807, 2.05) is 53.7 Å². The molecule has 0 saturated carbocycles. The molecule has 1 aliphatic rings. The predicted molar refractivity (Wildman–Crippen MR) is 96.7 cm³/mol. The van der Waals surface area contributed by atoms with Gasteiger partial charge in [-0.25, -0.2) is 12.2 Å². The molecule has 0 spiro atoms. The summed E-state index contributed by atoms with van der Waals surface area (Å²) in [5.74, 6) is 1.32. The second-order valence-corrected chi connectivity index (χ2v) is 6.16. The maximum Gasteiger partial charge on any atom is 0 e. The fourth-order valence-electron chi connectivity index (χ4n) is 0.340. The Hall–Kier alpha value is 0.646. The Labute approximate surface area is 174 Å². The van der Waals surface area contributed by atoms with Gasteiger partial charge in [-0.2, -0.15) is 6.08 Å². The van der Waals surface area contributed by atoms with Crippen molar-refractivity contribution in [3.05, 3.63) is 24.3 Å². The molecule has 24 heavy (non-hydrogen) atoms. The van der Waals surface area contributed by atoms with E-state index in [0.717, 1.165) is 6.42 Å². The Morgan fingerprint density at radius 1 is 0.875 bits per heavy atom. The number of allylic oxidation sites excluding steroid dienone is 4. The van der Waals surface area contributed by atoms with Gasteiger partial charge in [0.25, 0.3) is 0 Å². The standard InChI is InChI=1S/C5H5.3C4H10O.F2GeH.Zr/c1-2-4-5-3-1;3*1-4(2)3-5;1-3-2;/h1-3H,4H2;3*4-5H,3H2,1-2H3;3H;/q-1;;;;;. The third-order valence-electron chi connectivity index (χ3n) is 1.68. The van der Waals surface area contributed by atoms with Crippen LogP contribution in [0.25, 0.3) is 0 Å². The molecule has 0 aromatic heterocycles. The SMILES string of the molecule is CC(C)CO.CC(C)CO.CC(C)CO.[C-]1=CC=CC1.[F][GeH][F].[Zr]. The molecule has 0 aromatic carbocycles. The van der Waals surface area contributed by atoms with Crippen molar-refractivity contribution in [2.45, 2.75) is 48.0 Å². The molecule has 0 fully saturated rings. The first kappa shape index (κ1) is 35.7. The van der Waals surface area contributed by atoms with Gasteiger partial charge < -0.3 is 15.3 Å². The summed E-state index contributed by atoms with van der Waals surface area (Å²) in [6, 6.07) is 0. The quantitative estimate of drug-likeness (QED) is 0.420. The fourth-order valence-corrected chi connectivity index (χ4v) is 0.340. The Balaban J connectivity index is -0.0000000627. The van der Waals surface area contributed by atoms with Crippen LogP contribution in [-0.4, -0.2) is 51.5 Å². The molecule has 145 valence electrons. The molecule has 0 bridgehead atoms. The second-order valence-electron chi connectivity index (χ2n) is 5.81. The van der Waals surface area contributed by atoms with Crippen molar-refractivity contribution < 1.29 is 48.5 Å². The smallest absolute Gasteiger partial charge is 0 e. The summed E-state index contributed by atoms with van der Waals surface area (Å²) in [5, 5.41) is 24.4. The van der Waals surface area contributed by atoms with Crippen molar-refractivity contribution in [2.75, 3.05) is 19.8 Å². The molecule has 3 nitrogen and oxygen atoms in total. The second kappa shape index (κ2) is 34.9. The molecule has 0 aliphatic heterocycles. The van der Waals surface area contributed by atoms with E-state index in [4.69, 9.17) is 15.3 Å². The van der Waals surface area contributed by atoms with Crippen LogP contribution < -0.4 is 0 Å². The van der Waals surface area contributed by atoms with E-state index >= 15 is 0 Å². The molecule has 1 rings (SSSR count).